The first-order valence-corrected chi connectivity index (χ1v) is 6.15. The number of hydrogen-bond donors (Lipinski definition) is 1. The van der Waals surface area contributed by atoms with Crippen LogP contribution in [0.2, 0.25) is 5.02 Å². The number of carboxylic acid groups (broad SMARTS) is 1. The average Bonchev–Trinajstić information content (AvgIpc) is 2.20. The van der Waals surface area contributed by atoms with Gasteiger partial charge in [0.25, 0.3) is 0 Å². The van der Waals surface area contributed by atoms with Crippen LogP contribution in [0.1, 0.15) is 10.4 Å². The van der Waals surface area contributed by atoms with Crippen molar-refractivity contribution in [3.8, 4) is 5.75 Å². The van der Waals surface area contributed by atoms with Gasteiger partial charge in [-0.3, -0.25) is 0 Å². The Morgan fingerprint density at radius 2 is 1.94 bits per heavy atom. The summed E-state index contributed by atoms with van der Waals surface area (Å²) in [5.74, 6) is -1.14. The van der Waals surface area contributed by atoms with E-state index < -0.39 is 11.7 Å². The molecule has 0 amide bonds. The molecule has 0 saturated heterocycles. The number of quaternary nitrogens is 1. The van der Waals surface area contributed by atoms with Crippen LogP contribution in [0.5, 0.6) is 5.75 Å². The molecule has 0 aliphatic carbocycles. The molecule has 0 fully saturated rings. The van der Waals surface area contributed by atoms with Gasteiger partial charge in [0.1, 0.15) is 0 Å². The van der Waals surface area contributed by atoms with Crippen molar-refractivity contribution in [2.75, 3.05) is 33.6 Å². The Hall–Kier alpha value is -0.970. The van der Waals surface area contributed by atoms with Crippen LogP contribution in [-0.2, 0) is 0 Å². The van der Waals surface area contributed by atoms with Gasteiger partial charge in [-0.05, 0) is 12.1 Å². The van der Waals surface area contributed by atoms with Crippen molar-refractivity contribution in [3.05, 3.63) is 28.8 Å². The Kier molecular flexibility index (Phi) is 7.06. The summed E-state index contributed by atoms with van der Waals surface area (Å²) >= 11 is 10.9. The Morgan fingerprint density at radius 3 is 2.22 bits per heavy atom. The van der Waals surface area contributed by atoms with E-state index in [1.807, 2.05) is 0 Å². The molecular weight excluding hydrogens is 277 g/mol. The van der Waals surface area contributed by atoms with Crippen LogP contribution in [0, 0.1) is 0 Å². The number of nitrogens with zero attached hydrogens (tertiary/aromatic N) is 1. The molecule has 102 valence electrons. The monoisotopic (exact) mass is 293 g/mol. The summed E-state index contributed by atoms with van der Waals surface area (Å²) in [6.45, 7) is 1.04. The minimum atomic E-state index is -1.25. The molecule has 0 radical (unpaired) electrons. The van der Waals surface area contributed by atoms with Crippen molar-refractivity contribution >= 4 is 29.2 Å². The fourth-order valence-corrected chi connectivity index (χ4v) is 1.61. The van der Waals surface area contributed by atoms with Gasteiger partial charge < -0.3 is 14.7 Å². The van der Waals surface area contributed by atoms with Crippen molar-refractivity contribution < 1.29 is 19.5 Å². The van der Waals surface area contributed by atoms with Crippen molar-refractivity contribution in [3.63, 3.8) is 0 Å². The smallest absolute Gasteiger partial charge is 0.335 e. The van der Waals surface area contributed by atoms with E-state index in [4.69, 9.17) is 28.3 Å². The number of alkyl halides is 1. The highest BCUT2D eigenvalue weighted by Gasteiger charge is 2.04. The van der Waals surface area contributed by atoms with E-state index in [1.165, 1.54) is 18.2 Å². The number of carbonyl (C=O) groups is 1. The summed E-state index contributed by atoms with van der Waals surface area (Å²) < 4.78 is 0.962. The summed E-state index contributed by atoms with van der Waals surface area (Å²) in [5.41, 5.74) is -0.294. The highest BCUT2D eigenvalue weighted by molar-refractivity contribution is 6.32. The third kappa shape index (κ3) is 6.69. The van der Waals surface area contributed by atoms with Gasteiger partial charge in [-0.1, -0.05) is 23.4 Å². The summed E-state index contributed by atoms with van der Waals surface area (Å²) in [6.07, 6.45) is 0. The van der Waals surface area contributed by atoms with Crippen LogP contribution in [0.4, 0.5) is 0 Å². The van der Waals surface area contributed by atoms with Gasteiger partial charge >= 0.3 is 5.97 Å². The zero-order chi connectivity index (χ0) is 14.3. The van der Waals surface area contributed by atoms with Gasteiger partial charge in [0.15, 0.2) is 0 Å². The van der Waals surface area contributed by atoms with Crippen LogP contribution in [0.3, 0.4) is 0 Å². The number of rotatable bonds is 3. The number of para-hydroxylation sites is 1. The number of benzene rings is 1. The molecule has 0 bridgehead atoms. The number of aromatic carboxylic acids is 1. The highest BCUT2D eigenvalue weighted by Crippen LogP contribution is 2.23. The SMILES string of the molecule is C[N+](C)(C)CCCl.O=C(O)c1cccc(Cl)c1[O-]. The lowest BCUT2D eigenvalue weighted by molar-refractivity contribution is -0.867. The topological polar surface area (TPSA) is 60.4 Å². The largest absolute Gasteiger partial charge is 0.871 e. The van der Waals surface area contributed by atoms with Crippen molar-refractivity contribution in [2.24, 2.45) is 0 Å². The third-order valence-electron chi connectivity index (χ3n) is 1.95. The first-order chi connectivity index (χ1) is 8.19. The lowest BCUT2D eigenvalue weighted by atomic mass is 10.2. The lowest BCUT2D eigenvalue weighted by Crippen LogP contribution is -2.35. The molecule has 4 nitrogen and oxygen atoms in total. The molecule has 0 heterocycles. The van der Waals surface area contributed by atoms with Gasteiger partial charge in [-0.2, -0.15) is 0 Å². The normalized spacial score (nSPS) is 10.5. The van der Waals surface area contributed by atoms with E-state index in [0.29, 0.717) is 0 Å². The van der Waals surface area contributed by atoms with Crippen molar-refractivity contribution in [2.45, 2.75) is 0 Å². The molecule has 0 spiro atoms. The van der Waals surface area contributed by atoms with E-state index in [1.54, 1.807) is 0 Å². The van der Waals surface area contributed by atoms with E-state index in [0.717, 1.165) is 16.9 Å². The number of hydrogen-bond acceptors (Lipinski definition) is 2. The Bertz CT molecular complexity index is 403. The van der Waals surface area contributed by atoms with Crippen LogP contribution in [-0.4, -0.2) is 49.1 Å². The summed E-state index contributed by atoms with van der Waals surface area (Å²) in [4.78, 5) is 10.3. The molecule has 0 unspecified atom stereocenters. The van der Waals surface area contributed by atoms with E-state index in [2.05, 4.69) is 21.1 Å². The van der Waals surface area contributed by atoms with Gasteiger partial charge in [0.05, 0.1) is 39.1 Å². The molecule has 0 aromatic heterocycles. The Balaban J connectivity index is 0.000000360. The second-order valence-corrected chi connectivity index (χ2v) is 5.41. The summed E-state index contributed by atoms with van der Waals surface area (Å²) in [6, 6.07) is 4.00. The van der Waals surface area contributed by atoms with E-state index in [-0.39, 0.29) is 10.6 Å². The Morgan fingerprint density at radius 1 is 1.39 bits per heavy atom. The minimum absolute atomic E-state index is 0.0649. The fourth-order valence-electron chi connectivity index (χ4n) is 0.931. The second kappa shape index (κ2) is 7.46. The molecular formula is C12H17Cl2NO3. The molecule has 6 heteroatoms. The van der Waals surface area contributed by atoms with Crippen LogP contribution >= 0.6 is 23.2 Å². The number of carboxylic acids is 1. The third-order valence-corrected chi connectivity index (χ3v) is 2.42. The maximum atomic E-state index is 10.9. The van der Waals surface area contributed by atoms with Crippen LogP contribution < -0.4 is 5.11 Å². The molecule has 1 N–H and O–H groups in total. The number of halogens is 2. The zero-order valence-electron chi connectivity index (χ0n) is 10.6. The molecule has 0 atom stereocenters. The molecule has 0 aliphatic heterocycles. The van der Waals surface area contributed by atoms with Crippen LogP contribution in [0.15, 0.2) is 18.2 Å². The predicted octanol–water partition coefficient (Wildman–Crippen LogP) is 2.04. The first kappa shape index (κ1) is 17.0. The molecule has 1 rings (SSSR count). The summed E-state index contributed by atoms with van der Waals surface area (Å²) in [7, 11) is 6.38. The average molecular weight is 294 g/mol. The lowest BCUT2D eigenvalue weighted by Gasteiger charge is -2.21. The summed E-state index contributed by atoms with van der Waals surface area (Å²) in [5, 5.41) is 19.3. The highest BCUT2D eigenvalue weighted by atomic mass is 35.5. The van der Waals surface area contributed by atoms with Gasteiger partial charge in [0.2, 0.25) is 0 Å². The van der Waals surface area contributed by atoms with Crippen LogP contribution in [0.25, 0.3) is 0 Å². The molecule has 1 aromatic carbocycles. The predicted molar refractivity (Wildman–Crippen MR) is 71.5 cm³/mol. The molecule has 1 aromatic rings. The second-order valence-electron chi connectivity index (χ2n) is 4.62. The maximum absolute atomic E-state index is 10.9. The first-order valence-electron chi connectivity index (χ1n) is 5.24. The minimum Gasteiger partial charge on any atom is -0.871 e. The quantitative estimate of drug-likeness (QED) is 0.685. The molecule has 18 heavy (non-hydrogen) atoms. The molecule has 0 saturated carbocycles. The van der Waals surface area contributed by atoms with Crippen molar-refractivity contribution in [1.82, 2.24) is 0 Å². The Labute approximate surface area is 117 Å². The van der Waals surface area contributed by atoms with Gasteiger partial charge in [-0.25, -0.2) is 4.79 Å². The van der Waals surface area contributed by atoms with E-state index >= 15 is 0 Å². The van der Waals surface area contributed by atoms with E-state index in [9.17, 15) is 9.90 Å². The fraction of sp³-hybridized carbons (Fsp3) is 0.417. The van der Waals surface area contributed by atoms with Gasteiger partial charge in [0, 0.05) is 5.02 Å². The zero-order valence-corrected chi connectivity index (χ0v) is 12.1. The standard InChI is InChI=1S/C7H5ClO3.C5H13ClN/c8-5-3-1-2-4(6(5)9)7(10)11;1-7(2,3)5-4-6/h1-3,9H,(H,10,11);4-5H2,1-3H3/q;+1/p-1. The maximum Gasteiger partial charge on any atom is 0.335 e. The van der Waals surface area contributed by atoms with Crippen molar-refractivity contribution in [1.29, 1.82) is 0 Å². The van der Waals surface area contributed by atoms with Gasteiger partial charge in [-0.15, -0.1) is 11.6 Å². The molecule has 0 aliphatic rings.